The minimum absolute atomic E-state index is 0.0420. The highest BCUT2D eigenvalue weighted by molar-refractivity contribution is 7.92. The van der Waals surface area contributed by atoms with Crippen LogP contribution in [0.25, 0.3) is 0 Å². The minimum atomic E-state index is -3.86. The van der Waals surface area contributed by atoms with Crippen LogP contribution in [0, 0.1) is 5.82 Å². The van der Waals surface area contributed by atoms with E-state index in [9.17, 15) is 26.0 Å². The standard InChI is InChI=1S/C19H23FN2O5S2/c1-13(15-8-10-18(11-9-15)28(3,24)25)21-19(23)14(2)22(29(4,26)27)17-7-5-6-16(20)12-17/h5-14H,1-4H3,(H,21,23)/t13-,14-/m1/s1. The van der Waals surface area contributed by atoms with E-state index < -0.39 is 43.7 Å². The molecule has 0 unspecified atom stereocenters. The molecule has 1 amide bonds. The van der Waals surface area contributed by atoms with E-state index in [0.717, 1.165) is 22.9 Å². The zero-order chi connectivity index (χ0) is 22.0. The molecule has 0 fully saturated rings. The normalized spacial score (nSPS) is 14.1. The number of rotatable bonds is 7. The molecular formula is C19H23FN2O5S2. The first-order valence-electron chi connectivity index (χ1n) is 8.66. The number of hydrogen-bond donors (Lipinski definition) is 1. The van der Waals surface area contributed by atoms with Gasteiger partial charge in [0.2, 0.25) is 15.9 Å². The van der Waals surface area contributed by atoms with E-state index in [0.29, 0.717) is 5.56 Å². The lowest BCUT2D eigenvalue weighted by Crippen LogP contribution is -2.48. The Morgan fingerprint density at radius 1 is 1.00 bits per heavy atom. The molecule has 0 saturated heterocycles. The third-order valence-corrected chi connectivity index (χ3v) is 6.69. The van der Waals surface area contributed by atoms with Crippen molar-refractivity contribution in [3.63, 3.8) is 0 Å². The fraction of sp³-hybridized carbons (Fsp3) is 0.316. The predicted octanol–water partition coefficient (Wildman–Crippen LogP) is 2.26. The van der Waals surface area contributed by atoms with Gasteiger partial charge in [-0.15, -0.1) is 0 Å². The molecule has 29 heavy (non-hydrogen) atoms. The Morgan fingerprint density at radius 3 is 2.07 bits per heavy atom. The summed E-state index contributed by atoms with van der Waals surface area (Å²) in [7, 11) is -7.20. The zero-order valence-corrected chi connectivity index (χ0v) is 18.1. The predicted molar refractivity (Wildman–Crippen MR) is 109 cm³/mol. The highest BCUT2D eigenvalue weighted by Gasteiger charge is 2.30. The number of amides is 1. The Morgan fingerprint density at radius 2 is 1.59 bits per heavy atom. The summed E-state index contributed by atoms with van der Waals surface area (Å²) in [6.07, 6.45) is 2.04. The van der Waals surface area contributed by atoms with Crippen molar-refractivity contribution in [1.29, 1.82) is 0 Å². The van der Waals surface area contributed by atoms with E-state index in [2.05, 4.69) is 5.32 Å². The van der Waals surface area contributed by atoms with Crippen molar-refractivity contribution < 1.29 is 26.0 Å². The van der Waals surface area contributed by atoms with Crippen LogP contribution in [0.3, 0.4) is 0 Å². The van der Waals surface area contributed by atoms with Crippen molar-refractivity contribution in [3.05, 3.63) is 59.9 Å². The average molecular weight is 443 g/mol. The van der Waals surface area contributed by atoms with Gasteiger partial charge in [0.25, 0.3) is 0 Å². The van der Waals surface area contributed by atoms with Gasteiger partial charge in [0.15, 0.2) is 9.84 Å². The van der Waals surface area contributed by atoms with Gasteiger partial charge in [-0.2, -0.15) is 0 Å². The van der Waals surface area contributed by atoms with Crippen LogP contribution in [0.15, 0.2) is 53.4 Å². The Labute approximate surface area is 170 Å². The van der Waals surface area contributed by atoms with Crippen LogP contribution in [-0.4, -0.2) is 41.3 Å². The number of sulfonamides is 1. The van der Waals surface area contributed by atoms with Crippen LogP contribution in [0.2, 0.25) is 0 Å². The Bertz CT molecular complexity index is 1100. The summed E-state index contributed by atoms with van der Waals surface area (Å²) in [6, 6.07) is 9.37. The molecule has 0 bridgehead atoms. The molecule has 0 aliphatic carbocycles. The molecule has 0 spiro atoms. The first-order valence-corrected chi connectivity index (χ1v) is 12.4. The maximum atomic E-state index is 13.6. The van der Waals surface area contributed by atoms with Crippen molar-refractivity contribution in [2.24, 2.45) is 0 Å². The average Bonchev–Trinajstić information content (AvgIpc) is 2.60. The van der Waals surface area contributed by atoms with Crippen LogP contribution in [0.1, 0.15) is 25.5 Å². The van der Waals surface area contributed by atoms with E-state index >= 15 is 0 Å². The number of benzene rings is 2. The monoisotopic (exact) mass is 442 g/mol. The maximum Gasteiger partial charge on any atom is 0.244 e. The van der Waals surface area contributed by atoms with Gasteiger partial charge >= 0.3 is 0 Å². The second-order valence-corrected chi connectivity index (χ2v) is 10.7. The van der Waals surface area contributed by atoms with Gasteiger partial charge in [-0.25, -0.2) is 21.2 Å². The van der Waals surface area contributed by atoms with Crippen LogP contribution in [0.5, 0.6) is 0 Å². The molecule has 0 aromatic heterocycles. The highest BCUT2D eigenvalue weighted by Crippen LogP contribution is 2.23. The van der Waals surface area contributed by atoms with Crippen LogP contribution in [-0.2, 0) is 24.7 Å². The summed E-state index contributed by atoms with van der Waals surface area (Å²) in [4.78, 5) is 12.8. The fourth-order valence-corrected chi connectivity index (χ4v) is 4.64. The highest BCUT2D eigenvalue weighted by atomic mass is 32.2. The molecule has 2 aromatic rings. The van der Waals surface area contributed by atoms with Crippen LogP contribution in [0.4, 0.5) is 10.1 Å². The van der Waals surface area contributed by atoms with E-state index in [-0.39, 0.29) is 10.6 Å². The molecule has 2 aromatic carbocycles. The molecular weight excluding hydrogens is 419 g/mol. The summed E-state index contributed by atoms with van der Waals surface area (Å²) < 4.78 is 62.0. The van der Waals surface area contributed by atoms with Crippen molar-refractivity contribution in [1.82, 2.24) is 5.32 Å². The summed E-state index contributed by atoms with van der Waals surface area (Å²) >= 11 is 0. The van der Waals surface area contributed by atoms with E-state index in [4.69, 9.17) is 0 Å². The van der Waals surface area contributed by atoms with Gasteiger partial charge in [-0.1, -0.05) is 18.2 Å². The summed E-state index contributed by atoms with van der Waals surface area (Å²) in [6.45, 7) is 3.09. The van der Waals surface area contributed by atoms with Gasteiger partial charge in [0.05, 0.1) is 22.9 Å². The molecule has 0 heterocycles. The molecule has 2 rings (SSSR count). The van der Waals surface area contributed by atoms with E-state index in [1.165, 1.54) is 37.3 Å². The molecule has 0 radical (unpaired) electrons. The lowest BCUT2D eigenvalue weighted by molar-refractivity contribution is -0.122. The molecule has 0 aliphatic rings. The van der Waals surface area contributed by atoms with Gasteiger partial charge in [-0.3, -0.25) is 9.10 Å². The largest absolute Gasteiger partial charge is 0.348 e. The Kier molecular flexibility index (Phi) is 6.69. The maximum absolute atomic E-state index is 13.6. The third kappa shape index (κ3) is 5.77. The van der Waals surface area contributed by atoms with Crippen molar-refractivity contribution in [2.75, 3.05) is 16.8 Å². The Hall–Kier alpha value is -2.46. The van der Waals surface area contributed by atoms with E-state index in [1.807, 2.05) is 0 Å². The van der Waals surface area contributed by atoms with Crippen molar-refractivity contribution >= 4 is 31.5 Å². The van der Waals surface area contributed by atoms with Crippen LogP contribution < -0.4 is 9.62 Å². The first-order chi connectivity index (χ1) is 13.3. The number of carbonyl (C=O) groups excluding carboxylic acids is 1. The summed E-state index contributed by atoms with van der Waals surface area (Å²) in [5.41, 5.74) is 0.690. The lowest BCUT2D eigenvalue weighted by atomic mass is 10.1. The van der Waals surface area contributed by atoms with E-state index in [1.54, 1.807) is 19.1 Å². The van der Waals surface area contributed by atoms with Crippen molar-refractivity contribution in [2.45, 2.75) is 30.8 Å². The molecule has 7 nitrogen and oxygen atoms in total. The molecule has 0 saturated carbocycles. The number of halogens is 1. The van der Waals surface area contributed by atoms with Gasteiger partial charge in [0, 0.05) is 6.26 Å². The lowest BCUT2D eigenvalue weighted by Gasteiger charge is -2.29. The quantitative estimate of drug-likeness (QED) is 0.709. The van der Waals surface area contributed by atoms with Gasteiger partial charge in [0.1, 0.15) is 11.9 Å². The Balaban J connectivity index is 2.23. The molecule has 10 heteroatoms. The molecule has 158 valence electrons. The van der Waals surface area contributed by atoms with Crippen LogP contribution >= 0.6 is 0 Å². The van der Waals surface area contributed by atoms with Gasteiger partial charge < -0.3 is 5.32 Å². The zero-order valence-electron chi connectivity index (χ0n) is 16.5. The molecule has 1 N–H and O–H groups in total. The summed E-state index contributed by atoms with van der Waals surface area (Å²) in [5.74, 6) is -1.21. The molecule has 2 atom stereocenters. The number of nitrogens with zero attached hydrogens (tertiary/aromatic N) is 1. The third-order valence-electron chi connectivity index (χ3n) is 4.32. The summed E-state index contributed by atoms with van der Waals surface area (Å²) in [5, 5.41) is 2.70. The number of nitrogens with one attached hydrogen (secondary N) is 1. The molecule has 0 aliphatic heterocycles. The van der Waals surface area contributed by atoms with Gasteiger partial charge in [-0.05, 0) is 49.7 Å². The number of anilines is 1. The second-order valence-electron chi connectivity index (χ2n) is 6.79. The smallest absolute Gasteiger partial charge is 0.244 e. The number of sulfone groups is 1. The number of hydrogen-bond acceptors (Lipinski definition) is 5. The topological polar surface area (TPSA) is 101 Å². The van der Waals surface area contributed by atoms with Crippen molar-refractivity contribution in [3.8, 4) is 0 Å². The fourth-order valence-electron chi connectivity index (χ4n) is 2.84. The first kappa shape index (κ1) is 22.8. The minimum Gasteiger partial charge on any atom is -0.348 e. The SMILES string of the molecule is C[C@H](C(=O)N[C@H](C)c1ccc(S(C)(=O)=O)cc1)N(c1cccc(F)c1)S(C)(=O)=O. The number of carbonyl (C=O) groups is 1. The second kappa shape index (κ2) is 8.50.